The molecule has 6 nitrogen and oxygen atoms in total. The third-order valence-corrected chi connectivity index (χ3v) is 7.35. The second-order valence-electron chi connectivity index (χ2n) is 6.82. The van der Waals surface area contributed by atoms with Crippen molar-refractivity contribution in [3.8, 4) is 0 Å². The van der Waals surface area contributed by atoms with Gasteiger partial charge in [-0.1, -0.05) is 36.7 Å². The molecule has 0 bridgehead atoms. The van der Waals surface area contributed by atoms with Crippen LogP contribution in [0.5, 0.6) is 0 Å². The summed E-state index contributed by atoms with van der Waals surface area (Å²) in [6, 6.07) is 8.20. The van der Waals surface area contributed by atoms with E-state index in [2.05, 4.69) is 21.8 Å². The van der Waals surface area contributed by atoms with Crippen molar-refractivity contribution in [1.82, 2.24) is 4.90 Å². The predicted octanol–water partition coefficient (Wildman–Crippen LogP) is 4.47. The molecule has 29 heavy (non-hydrogen) atoms. The van der Waals surface area contributed by atoms with Crippen LogP contribution in [0.4, 0.5) is 5.69 Å². The van der Waals surface area contributed by atoms with Crippen molar-refractivity contribution in [3.63, 3.8) is 0 Å². The highest BCUT2D eigenvalue weighted by Crippen LogP contribution is 2.49. The molecular formula is C21H27N3O3S2. The number of unbranched alkanes of at least 4 members (excludes halogenated alkanes) is 3. The number of para-hydroxylation sites is 1. The Bertz CT molecular complexity index is 838. The fraction of sp³-hybridized carbons (Fsp3) is 0.476. The van der Waals surface area contributed by atoms with E-state index in [1.54, 1.807) is 16.7 Å². The molecule has 0 radical (unpaired) electrons. The van der Waals surface area contributed by atoms with Gasteiger partial charge in [-0.3, -0.25) is 19.5 Å². The summed E-state index contributed by atoms with van der Waals surface area (Å²) in [6.45, 7) is 3.28. The number of hydrogen-bond donors (Lipinski definition) is 0. The number of amides is 1. The number of rotatable bonds is 8. The molecule has 0 unspecified atom stereocenters. The maximum absolute atomic E-state index is 13.0. The smallest absolute Gasteiger partial charge is 0.305 e. The minimum atomic E-state index is -0.151. The Balaban J connectivity index is 1.60. The van der Waals surface area contributed by atoms with E-state index in [-0.39, 0.29) is 11.9 Å². The standard InChI is InChI=1S/C21H27N3O3S2/c1-4-24-19(26)18(20-23(2)15-11-8-9-12-16(15)28-20)29-21(24)22-14-10-6-5-7-13-17(25)27-3/h8-9,11-12H,4-7,10,13-14H2,1-3H3. The number of thioether (sulfide) groups is 2. The minimum Gasteiger partial charge on any atom is -0.469 e. The number of carbonyl (C=O) groups is 2. The number of likely N-dealkylation sites (N-methyl/N-ethyl adjacent to an activating group) is 1. The Morgan fingerprint density at radius 2 is 1.90 bits per heavy atom. The van der Waals surface area contributed by atoms with E-state index < -0.39 is 0 Å². The Morgan fingerprint density at radius 3 is 2.62 bits per heavy atom. The molecule has 0 N–H and O–H groups in total. The van der Waals surface area contributed by atoms with Gasteiger partial charge in [0.25, 0.3) is 5.91 Å². The molecule has 8 heteroatoms. The van der Waals surface area contributed by atoms with Gasteiger partial charge in [0.15, 0.2) is 5.17 Å². The fourth-order valence-corrected chi connectivity index (χ4v) is 5.66. The molecule has 3 rings (SSSR count). The van der Waals surface area contributed by atoms with Crippen LogP contribution in [0.15, 0.2) is 44.1 Å². The maximum Gasteiger partial charge on any atom is 0.305 e. The number of fused-ring (bicyclic) bond motifs is 1. The fourth-order valence-electron chi connectivity index (χ4n) is 3.24. The summed E-state index contributed by atoms with van der Waals surface area (Å²) in [5.74, 6) is -0.112. The molecule has 1 fully saturated rings. The molecule has 1 amide bonds. The summed E-state index contributed by atoms with van der Waals surface area (Å²) in [7, 11) is 3.43. The molecule has 0 aliphatic carbocycles. The van der Waals surface area contributed by atoms with E-state index in [1.165, 1.54) is 23.8 Å². The lowest BCUT2D eigenvalue weighted by atomic mass is 10.1. The van der Waals surface area contributed by atoms with Gasteiger partial charge in [-0.25, -0.2) is 0 Å². The average Bonchev–Trinajstić information content (AvgIpc) is 3.23. The second-order valence-corrected chi connectivity index (χ2v) is 8.83. The number of aliphatic imine (C=N–C) groups is 1. The van der Waals surface area contributed by atoms with Crippen LogP contribution < -0.4 is 4.90 Å². The number of ether oxygens (including phenoxy) is 1. The van der Waals surface area contributed by atoms with Crippen molar-refractivity contribution >= 4 is 46.3 Å². The third-order valence-electron chi connectivity index (χ3n) is 4.88. The summed E-state index contributed by atoms with van der Waals surface area (Å²) >= 11 is 3.13. The number of hydrogen-bond acceptors (Lipinski definition) is 7. The lowest BCUT2D eigenvalue weighted by Crippen LogP contribution is -2.29. The molecule has 0 spiro atoms. The van der Waals surface area contributed by atoms with Gasteiger partial charge in [0.2, 0.25) is 0 Å². The van der Waals surface area contributed by atoms with Gasteiger partial charge in [0.05, 0.1) is 17.8 Å². The van der Waals surface area contributed by atoms with Crippen LogP contribution in [-0.2, 0) is 14.3 Å². The first-order valence-corrected chi connectivity index (χ1v) is 11.6. The third kappa shape index (κ3) is 4.98. The van der Waals surface area contributed by atoms with Crippen LogP contribution in [0.25, 0.3) is 0 Å². The quantitative estimate of drug-likeness (QED) is 0.342. The number of anilines is 1. The van der Waals surface area contributed by atoms with Gasteiger partial charge in [-0.2, -0.15) is 0 Å². The zero-order valence-electron chi connectivity index (χ0n) is 17.1. The maximum atomic E-state index is 13.0. The van der Waals surface area contributed by atoms with Crippen molar-refractivity contribution in [1.29, 1.82) is 0 Å². The number of amidine groups is 1. The normalized spacial score (nSPS) is 20.0. The number of methoxy groups -OCH3 is 1. The van der Waals surface area contributed by atoms with E-state index in [0.717, 1.165) is 46.5 Å². The van der Waals surface area contributed by atoms with Crippen molar-refractivity contribution in [2.24, 2.45) is 4.99 Å². The highest BCUT2D eigenvalue weighted by Gasteiger charge is 2.38. The van der Waals surface area contributed by atoms with Crippen molar-refractivity contribution in [2.75, 3.05) is 32.1 Å². The van der Waals surface area contributed by atoms with E-state index in [1.807, 2.05) is 26.1 Å². The molecule has 2 aliphatic heterocycles. The van der Waals surface area contributed by atoms with E-state index in [4.69, 9.17) is 4.99 Å². The van der Waals surface area contributed by atoms with Crippen molar-refractivity contribution < 1.29 is 14.3 Å². The van der Waals surface area contributed by atoms with Gasteiger partial charge < -0.3 is 9.64 Å². The summed E-state index contributed by atoms with van der Waals surface area (Å²) in [6.07, 6.45) is 4.27. The molecule has 0 atom stereocenters. The van der Waals surface area contributed by atoms with Crippen molar-refractivity contribution in [2.45, 2.75) is 43.9 Å². The zero-order chi connectivity index (χ0) is 20.8. The number of benzene rings is 1. The first-order chi connectivity index (χ1) is 14.1. The minimum absolute atomic E-state index is 0.0384. The van der Waals surface area contributed by atoms with Gasteiger partial charge in [-0.15, -0.1) is 0 Å². The highest BCUT2D eigenvalue weighted by atomic mass is 32.2. The number of nitrogens with zero attached hydrogens (tertiary/aromatic N) is 3. The van der Waals surface area contributed by atoms with Crippen LogP contribution in [-0.4, -0.2) is 49.2 Å². The summed E-state index contributed by atoms with van der Waals surface area (Å²) in [5.41, 5.74) is 1.13. The molecule has 156 valence electrons. The largest absolute Gasteiger partial charge is 0.469 e. The summed E-state index contributed by atoms with van der Waals surface area (Å²) in [5, 5.41) is 1.77. The topological polar surface area (TPSA) is 62.2 Å². The van der Waals surface area contributed by atoms with Crippen LogP contribution in [0.1, 0.15) is 39.0 Å². The van der Waals surface area contributed by atoms with Crippen LogP contribution in [0.3, 0.4) is 0 Å². The second kappa shape index (κ2) is 10.2. The van der Waals surface area contributed by atoms with E-state index in [0.29, 0.717) is 19.5 Å². The predicted molar refractivity (Wildman–Crippen MR) is 120 cm³/mol. The number of esters is 1. The van der Waals surface area contributed by atoms with Gasteiger partial charge in [0.1, 0.15) is 4.91 Å². The first-order valence-electron chi connectivity index (χ1n) is 9.92. The van der Waals surface area contributed by atoms with Gasteiger partial charge >= 0.3 is 5.97 Å². The van der Waals surface area contributed by atoms with Crippen molar-refractivity contribution in [3.05, 3.63) is 34.2 Å². The molecule has 1 saturated heterocycles. The zero-order valence-corrected chi connectivity index (χ0v) is 18.8. The Morgan fingerprint density at radius 1 is 1.14 bits per heavy atom. The van der Waals surface area contributed by atoms with Crippen LogP contribution >= 0.6 is 23.5 Å². The molecule has 1 aromatic carbocycles. The summed E-state index contributed by atoms with van der Waals surface area (Å²) < 4.78 is 4.65. The SMILES string of the molecule is CCN1C(=O)C(=C2Sc3ccccc3N2C)SC1=NCCCCCCC(=O)OC. The molecule has 0 aromatic heterocycles. The van der Waals surface area contributed by atoms with E-state index >= 15 is 0 Å². The van der Waals surface area contributed by atoms with Gasteiger partial charge in [-0.05, 0) is 43.7 Å². The monoisotopic (exact) mass is 433 g/mol. The highest BCUT2D eigenvalue weighted by molar-refractivity contribution is 8.19. The first kappa shape index (κ1) is 21.8. The number of carbonyl (C=O) groups excluding carboxylic acids is 2. The Labute approximate surface area is 180 Å². The molecule has 0 saturated carbocycles. The Hall–Kier alpha value is -1.93. The van der Waals surface area contributed by atoms with Gasteiger partial charge in [0, 0.05) is 31.5 Å². The van der Waals surface area contributed by atoms with E-state index in [9.17, 15) is 9.59 Å². The molecule has 1 aromatic rings. The lowest BCUT2D eigenvalue weighted by molar-refractivity contribution is -0.140. The molecule has 2 heterocycles. The average molecular weight is 434 g/mol. The molecular weight excluding hydrogens is 406 g/mol. The Kier molecular flexibility index (Phi) is 7.66. The summed E-state index contributed by atoms with van der Waals surface area (Å²) in [4.78, 5) is 34.6. The van der Waals surface area contributed by atoms with Crippen LogP contribution in [0.2, 0.25) is 0 Å². The molecule has 2 aliphatic rings. The lowest BCUT2D eigenvalue weighted by Gasteiger charge is -2.15. The van der Waals surface area contributed by atoms with Crippen LogP contribution in [0, 0.1) is 0 Å².